The highest BCUT2D eigenvalue weighted by Crippen LogP contribution is 2.24. The molecule has 5 heteroatoms. The first kappa shape index (κ1) is 17.3. The molecule has 0 saturated carbocycles. The summed E-state index contributed by atoms with van der Waals surface area (Å²) in [5, 5.41) is 3.41. The van der Waals surface area contributed by atoms with Gasteiger partial charge in [0.2, 0.25) is 0 Å². The Morgan fingerprint density at radius 1 is 1.22 bits per heavy atom. The van der Waals surface area contributed by atoms with E-state index in [1.165, 1.54) is 0 Å². The molecule has 1 amide bonds. The van der Waals surface area contributed by atoms with Gasteiger partial charge in [0.15, 0.2) is 6.61 Å². The van der Waals surface area contributed by atoms with Crippen LogP contribution in [0.2, 0.25) is 5.02 Å². The molecule has 1 unspecified atom stereocenters. The maximum Gasteiger partial charge on any atom is 0.258 e. The number of amides is 1. The van der Waals surface area contributed by atoms with Crippen LogP contribution in [0.3, 0.4) is 0 Å². The lowest BCUT2D eigenvalue weighted by Crippen LogP contribution is -2.33. The third kappa shape index (κ3) is 5.27. The summed E-state index contributed by atoms with van der Waals surface area (Å²) in [5.41, 5.74) is 1.93. The normalized spacial score (nSPS) is 11.8. The van der Waals surface area contributed by atoms with E-state index in [0.717, 1.165) is 11.1 Å². The van der Waals surface area contributed by atoms with Crippen LogP contribution in [0.1, 0.15) is 17.2 Å². The van der Waals surface area contributed by atoms with E-state index in [-0.39, 0.29) is 18.6 Å². The zero-order valence-electron chi connectivity index (χ0n) is 13.2. The van der Waals surface area contributed by atoms with Crippen molar-refractivity contribution in [2.75, 3.05) is 20.3 Å². The number of hydrogen-bond donors (Lipinski definition) is 1. The number of methoxy groups -OCH3 is 1. The van der Waals surface area contributed by atoms with Crippen LogP contribution >= 0.6 is 11.6 Å². The molecule has 122 valence electrons. The average molecular weight is 334 g/mol. The summed E-state index contributed by atoms with van der Waals surface area (Å²) in [4.78, 5) is 11.9. The van der Waals surface area contributed by atoms with Gasteiger partial charge in [0.25, 0.3) is 5.91 Å². The number of carbonyl (C=O) groups is 1. The summed E-state index contributed by atoms with van der Waals surface area (Å²) in [5.74, 6) is 0.468. The molecule has 2 rings (SSSR count). The number of hydrogen-bond acceptors (Lipinski definition) is 3. The number of ether oxygens (including phenoxy) is 2. The van der Waals surface area contributed by atoms with Gasteiger partial charge < -0.3 is 14.8 Å². The molecule has 0 saturated heterocycles. The highest BCUT2D eigenvalue weighted by atomic mass is 35.5. The van der Waals surface area contributed by atoms with Gasteiger partial charge in [-0.3, -0.25) is 4.79 Å². The predicted molar refractivity (Wildman–Crippen MR) is 90.9 cm³/mol. The molecule has 1 N–H and O–H groups in total. The van der Waals surface area contributed by atoms with Crippen molar-refractivity contribution < 1.29 is 14.3 Å². The maximum atomic E-state index is 11.9. The van der Waals surface area contributed by atoms with Gasteiger partial charge in [-0.05, 0) is 30.7 Å². The second-order valence-electron chi connectivity index (χ2n) is 5.16. The Bertz CT molecular complexity index is 660. The SMILES string of the molecule is COC(CNC(=O)COc1cccc(C)c1)c1ccccc1Cl. The molecule has 2 aromatic rings. The number of nitrogens with one attached hydrogen (secondary N) is 1. The molecule has 0 heterocycles. The minimum absolute atomic E-state index is 0.0393. The molecule has 0 aromatic heterocycles. The maximum absolute atomic E-state index is 11.9. The summed E-state index contributed by atoms with van der Waals surface area (Å²) in [6.07, 6.45) is -0.299. The van der Waals surface area contributed by atoms with E-state index in [9.17, 15) is 4.79 Å². The first-order valence-corrected chi connectivity index (χ1v) is 7.71. The molecule has 0 fully saturated rings. The fourth-order valence-corrected chi connectivity index (χ4v) is 2.43. The number of carbonyl (C=O) groups excluding carboxylic acids is 1. The Labute approximate surface area is 141 Å². The number of rotatable bonds is 7. The van der Waals surface area contributed by atoms with Gasteiger partial charge in [-0.2, -0.15) is 0 Å². The van der Waals surface area contributed by atoms with Gasteiger partial charge >= 0.3 is 0 Å². The average Bonchev–Trinajstić information content (AvgIpc) is 2.55. The van der Waals surface area contributed by atoms with Gasteiger partial charge in [-0.15, -0.1) is 0 Å². The molecular weight excluding hydrogens is 314 g/mol. The Balaban J connectivity index is 1.84. The van der Waals surface area contributed by atoms with Crippen LogP contribution in [0.4, 0.5) is 0 Å². The van der Waals surface area contributed by atoms with E-state index in [4.69, 9.17) is 21.1 Å². The Morgan fingerprint density at radius 2 is 2.00 bits per heavy atom. The summed E-state index contributed by atoms with van der Waals surface area (Å²) in [6, 6.07) is 15.0. The first-order valence-electron chi connectivity index (χ1n) is 7.33. The van der Waals surface area contributed by atoms with Gasteiger partial charge in [-0.1, -0.05) is 41.9 Å². The quantitative estimate of drug-likeness (QED) is 0.843. The van der Waals surface area contributed by atoms with Gasteiger partial charge in [-0.25, -0.2) is 0 Å². The van der Waals surface area contributed by atoms with E-state index in [1.807, 2.05) is 49.4 Å². The molecule has 0 bridgehead atoms. The third-order valence-corrected chi connectivity index (χ3v) is 3.72. The minimum Gasteiger partial charge on any atom is -0.484 e. The van der Waals surface area contributed by atoms with Crippen LogP contribution in [0.25, 0.3) is 0 Å². The van der Waals surface area contributed by atoms with Crippen LogP contribution in [0, 0.1) is 6.92 Å². The highest BCUT2D eigenvalue weighted by molar-refractivity contribution is 6.31. The van der Waals surface area contributed by atoms with Crippen LogP contribution in [0.5, 0.6) is 5.75 Å². The molecule has 23 heavy (non-hydrogen) atoms. The van der Waals surface area contributed by atoms with Crippen molar-refractivity contribution in [2.24, 2.45) is 0 Å². The molecule has 0 aliphatic heterocycles. The minimum atomic E-state index is -0.299. The Morgan fingerprint density at radius 3 is 2.70 bits per heavy atom. The van der Waals surface area contributed by atoms with E-state index >= 15 is 0 Å². The zero-order chi connectivity index (χ0) is 16.7. The van der Waals surface area contributed by atoms with Crippen molar-refractivity contribution in [3.05, 3.63) is 64.7 Å². The molecule has 0 radical (unpaired) electrons. The lowest BCUT2D eigenvalue weighted by Gasteiger charge is -2.18. The standard InChI is InChI=1S/C18H20ClNO3/c1-13-6-5-7-14(10-13)23-12-18(21)20-11-17(22-2)15-8-3-4-9-16(15)19/h3-10,17H,11-12H2,1-2H3,(H,20,21). The van der Waals surface area contributed by atoms with Crippen LogP contribution in [0.15, 0.2) is 48.5 Å². The monoisotopic (exact) mass is 333 g/mol. The van der Waals surface area contributed by atoms with Gasteiger partial charge in [0, 0.05) is 24.2 Å². The molecular formula is C18H20ClNO3. The van der Waals surface area contributed by atoms with Crippen molar-refractivity contribution in [1.29, 1.82) is 0 Å². The smallest absolute Gasteiger partial charge is 0.258 e. The van der Waals surface area contributed by atoms with Crippen molar-refractivity contribution >= 4 is 17.5 Å². The van der Waals surface area contributed by atoms with Crippen LogP contribution in [-0.2, 0) is 9.53 Å². The zero-order valence-corrected chi connectivity index (χ0v) is 14.0. The lowest BCUT2D eigenvalue weighted by molar-refractivity contribution is -0.123. The molecule has 0 aliphatic carbocycles. The lowest BCUT2D eigenvalue weighted by atomic mass is 10.1. The Kier molecular flexibility index (Phi) is 6.44. The number of benzene rings is 2. The second-order valence-corrected chi connectivity index (χ2v) is 5.56. The summed E-state index contributed by atoms with van der Waals surface area (Å²) in [6.45, 7) is 2.26. The van der Waals surface area contributed by atoms with Crippen molar-refractivity contribution in [3.63, 3.8) is 0 Å². The molecule has 0 aliphatic rings. The summed E-state index contributed by atoms with van der Waals surface area (Å²) < 4.78 is 10.9. The summed E-state index contributed by atoms with van der Waals surface area (Å²) >= 11 is 6.15. The van der Waals surface area contributed by atoms with E-state index in [0.29, 0.717) is 17.3 Å². The third-order valence-electron chi connectivity index (χ3n) is 3.38. The van der Waals surface area contributed by atoms with Crippen LogP contribution in [-0.4, -0.2) is 26.2 Å². The van der Waals surface area contributed by atoms with Crippen LogP contribution < -0.4 is 10.1 Å². The number of aryl methyl sites for hydroxylation is 1. The largest absolute Gasteiger partial charge is 0.484 e. The van der Waals surface area contributed by atoms with Crippen molar-refractivity contribution in [1.82, 2.24) is 5.32 Å². The molecule has 1 atom stereocenters. The van der Waals surface area contributed by atoms with E-state index in [1.54, 1.807) is 13.2 Å². The predicted octanol–water partition coefficient (Wildman–Crippen LogP) is 3.53. The highest BCUT2D eigenvalue weighted by Gasteiger charge is 2.15. The van der Waals surface area contributed by atoms with Gasteiger partial charge in [0.1, 0.15) is 11.9 Å². The molecule has 0 spiro atoms. The number of halogens is 1. The van der Waals surface area contributed by atoms with Crippen molar-refractivity contribution in [3.8, 4) is 5.75 Å². The topological polar surface area (TPSA) is 47.6 Å². The van der Waals surface area contributed by atoms with E-state index < -0.39 is 0 Å². The fourth-order valence-electron chi connectivity index (χ4n) is 2.17. The fraction of sp³-hybridized carbons (Fsp3) is 0.278. The molecule has 4 nitrogen and oxygen atoms in total. The second kappa shape index (κ2) is 8.56. The van der Waals surface area contributed by atoms with E-state index in [2.05, 4.69) is 5.32 Å². The summed E-state index contributed by atoms with van der Waals surface area (Å²) in [7, 11) is 1.59. The van der Waals surface area contributed by atoms with Gasteiger partial charge in [0.05, 0.1) is 0 Å². The first-order chi connectivity index (χ1) is 11.1. The van der Waals surface area contributed by atoms with Crippen molar-refractivity contribution in [2.45, 2.75) is 13.0 Å². The molecule has 2 aromatic carbocycles. The Hall–Kier alpha value is -2.04.